The van der Waals surface area contributed by atoms with Gasteiger partial charge in [0, 0.05) is 64.4 Å². The summed E-state index contributed by atoms with van der Waals surface area (Å²) in [5.74, 6) is -3.69. The molecule has 58 heavy (non-hydrogen) atoms. The molecule has 4 rings (SSSR count). The first-order chi connectivity index (χ1) is 26.9. The maximum absolute atomic E-state index is 14.7. The van der Waals surface area contributed by atoms with Crippen LogP contribution in [0.5, 0.6) is 0 Å². The first-order valence-corrected chi connectivity index (χ1v) is 22.1. The minimum absolute atomic E-state index is 0.0444. The Morgan fingerprint density at radius 2 is 1.02 bits per heavy atom. The second kappa shape index (κ2) is 17.0. The van der Waals surface area contributed by atoms with Gasteiger partial charge >= 0.3 is 12.1 Å². The van der Waals surface area contributed by atoms with Crippen LogP contribution in [0.15, 0.2) is 0 Å². The summed E-state index contributed by atoms with van der Waals surface area (Å²) < 4.78 is 0. The van der Waals surface area contributed by atoms with E-state index < -0.39 is 51.6 Å². The largest absolute Gasteiger partial charge is 0.550 e. The summed E-state index contributed by atoms with van der Waals surface area (Å²) in [6.45, 7) is 20.5. The zero-order valence-corrected chi connectivity index (χ0v) is 37.7. The molecule has 8 unspecified atom stereocenters. The van der Waals surface area contributed by atoms with E-state index in [0.717, 1.165) is 25.7 Å². The number of nitrogens with one attached hydrogen (secondary N) is 2. The molecule has 0 saturated carbocycles. The van der Waals surface area contributed by atoms with Crippen molar-refractivity contribution in [3.63, 3.8) is 0 Å². The normalized spacial score (nSPS) is 36.8. The van der Waals surface area contributed by atoms with Gasteiger partial charge in [0.2, 0.25) is 0 Å². The van der Waals surface area contributed by atoms with Gasteiger partial charge < -0.3 is 30.4 Å². The maximum Gasteiger partial charge on any atom is 0.325 e. The lowest BCUT2D eigenvalue weighted by Crippen LogP contribution is -2.74. The number of carboxylic acid groups (broad SMARTS) is 2. The van der Waals surface area contributed by atoms with Crippen LogP contribution in [0.4, 0.5) is 9.59 Å². The number of amides is 6. The van der Waals surface area contributed by atoms with Crippen LogP contribution < -0.4 is 20.8 Å². The highest BCUT2D eigenvalue weighted by Crippen LogP contribution is 2.53. The summed E-state index contributed by atoms with van der Waals surface area (Å²) in [5.41, 5.74) is -5.53. The molecule has 8 atom stereocenters. The number of piperidine rings is 2. The quantitative estimate of drug-likeness (QED) is 0.142. The minimum Gasteiger partial charge on any atom is -0.550 e. The average molecular weight is 815 g/mol. The average Bonchev–Trinajstić information content (AvgIpc) is 3.57. The second-order valence-corrected chi connectivity index (χ2v) is 19.5. The molecule has 4 aliphatic rings. The van der Waals surface area contributed by atoms with Gasteiger partial charge in [-0.1, -0.05) is 67.2 Å². The molecule has 2 N–H and O–H groups in total. The minimum atomic E-state index is -1.58. The van der Waals surface area contributed by atoms with Crippen LogP contribution >= 0.6 is 0 Å². The number of carboxylic acids is 2. The molecule has 4 saturated heterocycles. The Hall–Kier alpha value is -3.26. The van der Waals surface area contributed by atoms with Gasteiger partial charge in [-0.15, -0.1) is 0 Å². The molecule has 4 aliphatic heterocycles. The van der Waals surface area contributed by atoms with Crippen LogP contribution in [0.3, 0.4) is 0 Å². The first-order valence-electron chi connectivity index (χ1n) is 22.1. The van der Waals surface area contributed by atoms with Crippen LogP contribution in [0.2, 0.25) is 0 Å². The van der Waals surface area contributed by atoms with Gasteiger partial charge in [-0.2, -0.15) is 0 Å². The number of aliphatic carboxylic acids is 2. The van der Waals surface area contributed by atoms with E-state index in [2.05, 4.69) is 89.9 Å². The molecule has 4 heterocycles. The van der Waals surface area contributed by atoms with Crippen LogP contribution in [-0.4, -0.2) is 116 Å². The third kappa shape index (κ3) is 7.66. The van der Waals surface area contributed by atoms with Crippen LogP contribution in [-0.2, 0) is 19.2 Å². The number of nitrogens with zero attached hydrogens (tertiary/aromatic N) is 4. The van der Waals surface area contributed by atoms with E-state index in [4.69, 9.17) is 0 Å². The van der Waals surface area contributed by atoms with Crippen LogP contribution in [0.1, 0.15) is 166 Å². The van der Waals surface area contributed by atoms with Crippen molar-refractivity contribution in [3.8, 4) is 0 Å². The van der Waals surface area contributed by atoms with Gasteiger partial charge in [0.05, 0.1) is 0 Å². The number of rotatable bonds is 19. The summed E-state index contributed by atoms with van der Waals surface area (Å²) in [6.07, 6.45) is 6.54. The number of imide groups is 2. The molecule has 2 spiro atoms. The number of hydrogen-bond donors (Lipinski definition) is 2. The van der Waals surface area contributed by atoms with Crippen molar-refractivity contribution < 1.29 is 39.0 Å². The number of likely N-dealkylation sites (tertiary alicyclic amines) is 2. The van der Waals surface area contributed by atoms with E-state index in [0.29, 0.717) is 44.9 Å². The van der Waals surface area contributed by atoms with E-state index in [9.17, 15) is 39.0 Å². The molecule has 6 amide bonds. The molecule has 0 aromatic carbocycles. The fourth-order valence-corrected chi connectivity index (χ4v) is 11.5. The molecule has 0 bridgehead atoms. The van der Waals surface area contributed by atoms with Gasteiger partial charge in [-0.05, 0) is 112 Å². The first kappa shape index (κ1) is 47.4. The highest BCUT2D eigenvalue weighted by atomic mass is 16.4. The third-order valence-electron chi connectivity index (χ3n) is 17.3. The van der Waals surface area contributed by atoms with E-state index in [1.165, 1.54) is 9.80 Å². The van der Waals surface area contributed by atoms with Crippen LogP contribution in [0, 0.1) is 17.3 Å². The Balaban J connectivity index is 1.63. The van der Waals surface area contributed by atoms with Crippen molar-refractivity contribution in [2.45, 2.75) is 199 Å². The molecule has 14 heteroatoms. The van der Waals surface area contributed by atoms with Crippen molar-refractivity contribution in [1.29, 1.82) is 0 Å². The summed E-state index contributed by atoms with van der Waals surface area (Å²) in [7, 11) is 4.16. The highest BCUT2D eigenvalue weighted by molar-refractivity contribution is 6.08. The molecule has 330 valence electrons. The molecule has 0 aromatic heterocycles. The lowest BCUT2D eigenvalue weighted by atomic mass is 9.60. The van der Waals surface area contributed by atoms with E-state index in [1.807, 2.05) is 13.8 Å². The summed E-state index contributed by atoms with van der Waals surface area (Å²) >= 11 is 0. The van der Waals surface area contributed by atoms with E-state index >= 15 is 0 Å². The standard InChI is InChI=1S/C44H76N6O8/c1-13-38(7)28-43(30(5)40(9,15-3)47(38)11)33(53)49(36(57)45-43)26-24-42(35(55)56,23-21-19-17-18-20-22-32(51)52)25-27-50-34(54)44(46-37(50)58)29-39(8,14-2)48(12)41(10,16-4)31(44)6/h30-31H,13-29H2,1-12H3,(H,45,57)(H,46,58)(H,51,52)(H,55,56)/p-2. The number of hydrogen-bond acceptors (Lipinski definition) is 10. The van der Waals surface area contributed by atoms with Gasteiger partial charge in [-0.3, -0.25) is 29.2 Å². The zero-order chi connectivity index (χ0) is 43.9. The highest BCUT2D eigenvalue weighted by Gasteiger charge is 2.67. The smallest absolute Gasteiger partial charge is 0.325 e. The summed E-state index contributed by atoms with van der Waals surface area (Å²) in [4.78, 5) is 88.4. The predicted octanol–water partition coefficient (Wildman–Crippen LogP) is 4.18. The maximum atomic E-state index is 14.7. The number of carbonyl (C=O) groups is 6. The van der Waals surface area contributed by atoms with Crippen molar-refractivity contribution in [3.05, 3.63) is 0 Å². The zero-order valence-electron chi connectivity index (χ0n) is 37.7. The fourth-order valence-electron chi connectivity index (χ4n) is 11.5. The summed E-state index contributed by atoms with van der Waals surface area (Å²) in [5, 5.41) is 30.6. The van der Waals surface area contributed by atoms with E-state index in [1.54, 1.807) is 0 Å². The van der Waals surface area contributed by atoms with Gasteiger partial charge in [-0.25, -0.2) is 9.59 Å². The number of carbonyl (C=O) groups excluding carboxylic acids is 6. The molecule has 4 fully saturated rings. The van der Waals surface area contributed by atoms with Crippen molar-refractivity contribution >= 4 is 35.8 Å². The molecule has 14 nitrogen and oxygen atoms in total. The molecule has 0 aliphatic carbocycles. The Morgan fingerprint density at radius 1 is 0.638 bits per heavy atom. The predicted molar refractivity (Wildman–Crippen MR) is 218 cm³/mol. The van der Waals surface area contributed by atoms with Crippen molar-refractivity contribution in [2.75, 3.05) is 27.2 Å². The van der Waals surface area contributed by atoms with Gasteiger partial charge in [0.15, 0.2) is 0 Å². The molecule has 0 aromatic rings. The SMILES string of the molecule is CCC1(C)CC2(NC(=O)N(CCC(CCCCCCCC(=O)[O-])(CCN3C(=O)NC4(CC(C)(CC)N(C)C(C)(CC)C4C)C3=O)C(=O)[O-])C2=O)C(C)C(C)(CC)N1C. The lowest BCUT2D eigenvalue weighted by molar-refractivity contribution is -0.321. The monoisotopic (exact) mass is 815 g/mol. The lowest BCUT2D eigenvalue weighted by Gasteiger charge is -2.62. The Morgan fingerprint density at radius 3 is 1.36 bits per heavy atom. The Kier molecular flexibility index (Phi) is 13.9. The van der Waals surface area contributed by atoms with Gasteiger partial charge in [0.25, 0.3) is 11.8 Å². The molecular weight excluding hydrogens is 741 g/mol. The second-order valence-electron chi connectivity index (χ2n) is 19.5. The topological polar surface area (TPSA) is 186 Å². The Bertz CT molecular complexity index is 1520. The summed E-state index contributed by atoms with van der Waals surface area (Å²) in [6, 6.07) is -1.10. The van der Waals surface area contributed by atoms with E-state index in [-0.39, 0.29) is 73.5 Å². The Labute approximate surface area is 347 Å². The van der Waals surface area contributed by atoms with Crippen molar-refractivity contribution in [1.82, 2.24) is 30.2 Å². The molecular formula is C44H74N6O8-2. The molecule has 0 radical (unpaired) electrons. The number of urea groups is 2. The van der Waals surface area contributed by atoms with Crippen molar-refractivity contribution in [2.24, 2.45) is 17.3 Å². The fraction of sp³-hybridized carbons (Fsp3) is 0.864. The third-order valence-corrected chi connectivity index (χ3v) is 17.3. The van der Waals surface area contributed by atoms with Gasteiger partial charge in [0.1, 0.15) is 11.1 Å². The van der Waals surface area contributed by atoms with Crippen LogP contribution in [0.25, 0.3) is 0 Å². The number of unbranched alkanes of at least 4 members (excludes halogenated alkanes) is 4.